The van der Waals surface area contributed by atoms with Crippen LogP contribution in [0.1, 0.15) is 39.2 Å². The van der Waals surface area contributed by atoms with E-state index in [0.717, 1.165) is 12.0 Å². The summed E-state index contributed by atoms with van der Waals surface area (Å²) >= 11 is 5.98. The Hall–Kier alpha value is -1.75. The van der Waals surface area contributed by atoms with Crippen LogP contribution in [0, 0.1) is 6.92 Å². The highest BCUT2D eigenvalue weighted by Crippen LogP contribution is 2.24. The zero-order valence-electron chi connectivity index (χ0n) is 14.0. The Morgan fingerprint density at radius 1 is 1.35 bits per heavy atom. The zero-order valence-corrected chi connectivity index (χ0v) is 14.7. The first-order valence-electron chi connectivity index (χ1n) is 7.74. The van der Waals surface area contributed by atoms with Crippen molar-refractivity contribution in [2.75, 3.05) is 11.9 Å². The number of amides is 2. The fourth-order valence-corrected chi connectivity index (χ4v) is 2.70. The van der Waals surface area contributed by atoms with Gasteiger partial charge in [-0.1, -0.05) is 17.7 Å². The van der Waals surface area contributed by atoms with Gasteiger partial charge in [0.15, 0.2) is 0 Å². The Morgan fingerprint density at radius 3 is 2.70 bits per heavy atom. The summed E-state index contributed by atoms with van der Waals surface area (Å²) in [4.78, 5) is 26.3. The Balaban J connectivity index is 2.08. The van der Waals surface area contributed by atoms with Crippen molar-refractivity contribution in [1.29, 1.82) is 0 Å². The van der Waals surface area contributed by atoms with Gasteiger partial charge in [0.1, 0.15) is 11.6 Å². The molecule has 1 atom stereocenters. The minimum atomic E-state index is -0.579. The summed E-state index contributed by atoms with van der Waals surface area (Å²) in [5, 5.41) is 3.42. The van der Waals surface area contributed by atoms with Gasteiger partial charge < -0.3 is 10.1 Å². The molecular formula is C17H23ClN2O3. The second-order valence-corrected chi connectivity index (χ2v) is 7.22. The normalized spacial score (nSPS) is 18.0. The third-order valence-corrected chi connectivity index (χ3v) is 3.88. The number of rotatable bonds is 2. The fraction of sp³-hybridized carbons (Fsp3) is 0.529. The van der Waals surface area contributed by atoms with Crippen molar-refractivity contribution in [1.82, 2.24) is 4.90 Å². The Bertz CT molecular complexity index is 610. The molecule has 1 saturated heterocycles. The van der Waals surface area contributed by atoms with E-state index in [-0.39, 0.29) is 5.91 Å². The van der Waals surface area contributed by atoms with Crippen molar-refractivity contribution in [3.63, 3.8) is 0 Å². The van der Waals surface area contributed by atoms with Gasteiger partial charge in [0.25, 0.3) is 0 Å². The van der Waals surface area contributed by atoms with Crippen molar-refractivity contribution in [2.24, 2.45) is 0 Å². The lowest BCUT2D eigenvalue weighted by molar-refractivity contribution is -0.120. The van der Waals surface area contributed by atoms with E-state index >= 15 is 0 Å². The molecule has 0 spiro atoms. The molecule has 126 valence electrons. The zero-order chi connectivity index (χ0) is 17.2. The van der Waals surface area contributed by atoms with Crippen LogP contribution in [0.3, 0.4) is 0 Å². The van der Waals surface area contributed by atoms with E-state index in [9.17, 15) is 9.59 Å². The smallest absolute Gasteiger partial charge is 0.410 e. The van der Waals surface area contributed by atoms with Crippen molar-refractivity contribution in [2.45, 2.75) is 52.2 Å². The number of nitrogens with one attached hydrogen (secondary N) is 1. The minimum Gasteiger partial charge on any atom is -0.444 e. The number of benzene rings is 1. The summed E-state index contributed by atoms with van der Waals surface area (Å²) in [5.74, 6) is -0.210. The molecule has 0 bridgehead atoms. The van der Waals surface area contributed by atoms with Crippen LogP contribution >= 0.6 is 11.6 Å². The monoisotopic (exact) mass is 338 g/mol. The standard InChI is InChI=1S/C17H23ClN2O3/c1-11-7-8-12(18)10-13(11)19-15(21)14-6-5-9-20(14)16(22)23-17(2,3)4/h7-8,10,14H,5-6,9H2,1-4H3,(H,19,21)/t14-/m1/s1. The van der Waals surface area contributed by atoms with Gasteiger partial charge in [-0.2, -0.15) is 0 Å². The van der Waals surface area contributed by atoms with Gasteiger partial charge >= 0.3 is 6.09 Å². The topological polar surface area (TPSA) is 58.6 Å². The first-order chi connectivity index (χ1) is 10.7. The molecule has 5 nitrogen and oxygen atoms in total. The van der Waals surface area contributed by atoms with Gasteiger partial charge in [0, 0.05) is 17.3 Å². The van der Waals surface area contributed by atoms with Crippen LogP contribution < -0.4 is 5.32 Å². The van der Waals surface area contributed by atoms with Crippen LogP contribution in [-0.4, -0.2) is 35.1 Å². The molecule has 1 aliphatic rings. The van der Waals surface area contributed by atoms with Crippen LogP contribution in [0.4, 0.5) is 10.5 Å². The van der Waals surface area contributed by atoms with Crippen LogP contribution in [0.25, 0.3) is 0 Å². The predicted octanol–water partition coefficient (Wildman–Crippen LogP) is 3.99. The molecule has 0 aliphatic carbocycles. The number of likely N-dealkylation sites (tertiary alicyclic amines) is 1. The van der Waals surface area contributed by atoms with E-state index < -0.39 is 17.7 Å². The van der Waals surface area contributed by atoms with Gasteiger partial charge in [0.2, 0.25) is 5.91 Å². The van der Waals surface area contributed by atoms with Crippen LogP contribution in [0.2, 0.25) is 5.02 Å². The molecule has 1 aliphatic heterocycles. The summed E-state index contributed by atoms with van der Waals surface area (Å²) in [7, 11) is 0. The van der Waals surface area contributed by atoms with Crippen molar-refractivity contribution < 1.29 is 14.3 Å². The van der Waals surface area contributed by atoms with Crippen molar-refractivity contribution in [3.8, 4) is 0 Å². The van der Waals surface area contributed by atoms with E-state index in [4.69, 9.17) is 16.3 Å². The van der Waals surface area contributed by atoms with Crippen molar-refractivity contribution in [3.05, 3.63) is 28.8 Å². The minimum absolute atomic E-state index is 0.210. The Kier molecular flexibility index (Phi) is 5.19. The molecule has 1 aromatic rings. The van der Waals surface area contributed by atoms with Crippen molar-refractivity contribution >= 4 is 29.3 Å². The molecule has 1 heterocycles. The molecule has 6 heteroatoms. The summed E-state index contributed by atoms with van der Waals surface area (Å²) in [6.07, 6.45) is 0.967. The third kappa shape index (κ3) is 4.61. The first kappa shape index (κ1) is 17.6. The molecule has 1 aromatic carbocycles. The number of hydrogen-bond acceptors (Lipinski definition) is 3. The average molecular weight is 339 g/mol. The highest BCUT2D eigenvalue weighted by Gasteiger charge is 2.36. The largest absolute Gasteiger partial charge is 0.444 e. The van der Waals surface area contributed by atoms with E-state index in [2.05, 4.69) is 5.32 Å². The quantitative estimate of drug-likeness (QED) is 0.887. The first-order valence-corrected chi connectivity index (χ1v) is 8.12. The van der Waals surface area contributed by atoms with Gasteiger partial charge in [-0.3, -0.25) is 9.69 Å². The van der Waals surface area contributed by atoms with Gasteiger partial charge in [-0.05, 0) is 58.2 Å². The lowest BCUT2D eigenvalue weighted by atomic mass is 10.1. The number of carbonyl (C=O) groups excluding carboxylic acids is 2. The number of anilines is 1. The van der Waals surface area contributed by atoms with E-state index in [0.29, 0.717) is 23.7 Å². The third-order valence-electron chi connectivity index (χ3n) is 3.64. The molecule has 0 unspecified atom stereocenters. The molecule has 0 saturated carbocycles. The number of carbonyl (C=O) groups is 2. The number of aryl methyl sites for hydroxylation is 1. The summed E-state index contributed by atoms with van der Waals surface area (Å²) < 4.78 is 5.38. The van der Waals surface area contributed by atoms with Crippen LogP contribution in [-0.2, 0) is 9.53 Å². The summed E-state index contributed by atoms with van der Waals surface area (Å²) in [5.41, 5.74) is 1.01. The van der Waals surface area contributed by atoms with E-state index in [1.165, 1.54) is 4.90 Å². The lowest BCUT2D eigenvalue weighted by Gasteiger charge is -2.28. The van der Waals surface area contributed by atoms with Crippen LogP contribution in [0.5, 0.6) is 0 Å². The maximum Gasteiger partial charge on any atom is 0.410 e. The maximum absolute atomic E-state index is 12.6. The highest BCUT2D eigenvalue weighted by molar-refractivity contribution is 6.31. The number of hydrogen-bond donors (Lipinski definition) is 1. The van der Waals surface area contributed by atoms with Crippen LogP contribution in [0.15, 0.2) is 18.2 Å². The SMILES string of the molecule is Cc1ccc(Cl)cc1NC(=O)[C@H]1CCCN1C(=O)OC(C)(C)C. The average Bonchev–Trinajstić information content (AvgIpc) is 2.90. The Morgan fingerprint density at radius 2 is 2.04 bits per heavy atom. The summed E-state index contributed by atoms with van der Waals surface area (Å²) in [6.45, 7) is 7.86. The molecule has 0 radical (unpaired) electrons. The fourth-order valence-electron chi connectivity index (χ4n) is 2.52. The lowest BCUT2D eigenvalue weighted by Crippen LogP contribution is -2.45. The number of halogens is 1. The van der Waals surface area contributed by atoms with E-state index in [1.807, 2.05) is 33.8 Å². The number of ether oxygens (including phenoxy) is 1. The Labute approximate surface area is 141 Å². The molecule has 2 amide bonds. The molecular weight excluding hydrogens is 316 g/mol. The second-order valence-electron chi connectivity index (χ2n) is 6.78. The van der Waals surface area contributed by atoms with E-state index in [1.54, 1.807) is 12.1 Å². The molecule has 1 N–H and O–H groups in total. The van der Waals surface area contributed by atoms with Gasteiger partial charge in [-0.15, -0.1) is 0 Å². The van der Waals surface area contributed by atoms with Gasteiger partial charge in [0.05, 0.1) is 0 Å². The highest BCUT2D eigenvalue weighted by atomic mass is 35.5. The molecule has 23 heavy (non-hydrogen) atoms. The maximum atomic E-state index is 12.6. The second kappa shape index (κ2) is 6.79. The summed E-state index contributed by atoms with van der Waals surface area (Å²) in [6, 6.07) is 4.82. The molecule has 0 aromatic heterocycles. The van der Waals surface area contributed by atoms with Gasteiger partial charge in [-0.25, -0.2) is 4.79 Å². The number of nitrogens with zero attached hydrogens (tertiary/aromatic N) is 1. The molecule has 1 fully saturated rings. The molecule has 2 rings (SSSR count). The predicted molar refractivity (Wildman–Crippen MR) is 90.8 cm³/mol.